The number of carbonyl (C=O) groups excluding carboxylic acids is 2. The maximum absolute atomic E-state index is 10.1. The number of rotatable bonds is 6. The van der Waals surface area contributed by atoms with Crippen LogP contribution in [0.5, 0.6) is 0 Å². The molecule has 0 heterocycles. The van der Waals surface area contributed by atoms with Crippen LogP contribution in [0.1, 0.15) is 12.5 Å². The molecule has 1 aromatic carbocycles. The molecule has 1 amide bonds. The van der Waals surface area contributed by atoms with Gasteiger partial charge in [-0.2, -0.15) is 5.26 Å². The number of nitriles is 1. The van der Waals surface area contributed by atoms with Crippen LogP contribution in [0.25, 0.3) is 6.08 Å². The number of hydrogen-bond donors (Lipinski definition) is 3. The molecule has 0 saturated carbocycles. The van der Waals surface area contributed by atoms with E-state index in [4.69, 9.17) is 15.5 Å². The molecule has 3 N–H and O–H groups in total. The molecule has 0 aliphatic rings. The molecule has 8 nitrogen and oxygen atoms in total. The van der Waals surface area contributed by atoms with Crippen LogP contribution in [-0.4, -0.2) is 41.4 Å². The summed E-state index contributed by atoms with van der Waals surface area (Å²) in [6.45, 7) is 17.9. The lowest BCUT2D eigenvalue weighted by atomic mass is 10.2. The smallest absolute Gasteiger partial charge is 0.330 e. The first-order valence-electron chi connectivity index (χ1n) is 8.57. The minimum atomic E-state index is -0.981. The van der Waals surface area contributed by atoms with Crippen molar-refractivity contribution in [3.05, 3.63) is 93.1 Å². The van der Waals surface area contributed by atoms with Crippen molar-refractivity contribution < 1.29 is 29.3 Å². The average molecular weight is 431 g/mol. The predicted molar refractivity (Wildman–Crippen MR) is 122 cm³/mol. The molecule has 0 saturated heterocycles. The van der Waals surface area contributed by atoms with Crippen LogP contribution in [0.15, 0.2) is 87.5 Å². The predicted octanol–water partition coefficient (Wildman–Crippen LogP) is 3.26. The van der Waals surface area contributed by atoms with Crippen molar-refractivity contribution in [1.82, 2.24) is 5.32 Å². The molecule has 0 fully saturated rings. The molecular formula is C23H30N2O6. The summed E-state index contributed by atoms with van der Waals surface area (Å²) in [6, 6.07) is 11.7. The number of aliphatic hydroxyl groups excluding tert-OH is 1. The van der Waals surface area contributed by atoms with E-state index in [0.717, 1.165) is 18.2 Å². The largest absolute Gasteiger partial charge is 0.478 e. The van der Waals surface area contributed by atoms with Gasteiger partial charge in [0.25, 0.3) is 0 Å². The first-order valence-corrected chi connectivity index (χ1v) is 8.57. The van der Waals surface area contributed by atoms with E-state index in [1.54, 1.807) is 13.0 Å². The summed E-state index contributed by atoms with van der Waals surface area (Å²) in [6.07, 6.45) is 6.08. The maximum atomic E-state index is 10.1. The standard InChI is InChI=1S/C8H8.C5H8O2.C4H7NO2.C3H3N.C3H4O2/c1-2-8-6-4-3-5-7-8;1-3-5(6)7-4-2;1-2-4(7)5-3-6;1-2-3-4;1-2-3(4)5/h2-7H,1H2;3H,1,4H2,2H3;2,6H,1,3H2,(H,5,7);2H,1H2;2H,1H2,(H,4,5). The molecule has 1 aromatic rings. The van der Waals surface area contributed by atoms with Crippen LogP contribution in [0.4, 0.5) is 0 Å². The fraction of sp³-hybridized carbons (Fsp3) is 0.130. The van der Waals surface area contributed by atoms with Crippen molar-refractivity contribution in [1.29, 1.82) is 5.26 Å². The van der Waals surface area contributed by atoms with E-state index in [2.05, 4.69) is 42.9 Å². The Morgan fingerprint density at radius 1 is 1.06 bits per heavy atom. The first-order chi connectivity index (χ1) is 14.7. The summed E-state index contributed by atoms with van der Waals surface area (Å²) in [5, 5.41) is 25.2. The topological polar surface area (TPSA) is 137 Å². The molecule has 0 spiro atoms. The Kier molecular flexibility index (Phi) is 33.8. The van der Waals surface area contributed by atoms with Gasteiger partial charge in [-0.25, -0.2) is 9.59 Å². The van der Waals surface area contributed by atoms with Gasteiger partial charge < -0.3 is 20.3 Å². The first kappa shape index (κ1) is 34.3. The molecule has 0 atom stereocenters. The minimum Gasteiger partial charge on any atom is -0.478 e. The molecule has 0 radical (unpaired) electrons. The summed E-state index contributed by atoms with van der Waals surface area (Å²) in [5.74, 6) is -1.70. The number of allylic oxidation sites excluding steroid dienone is 1. The second-order valence-electron chi connectivity index (χ2n) is 4.35. The fourth-order valence-corrected chi connectivity index (χ4v) is 0.940. The lowest BCUT2D eigenvalue weighted by molar-refractivity contribution is -0.137. The van der Waals surface area contributed by atoms with E-state index in [1.807, 2.05) is 36.4 Å². The number of benzene rings is 1. The zero-order valence-corrected chi connectivity index (χ0v) is 17.7. The lowest BCUT2D eigenvalue weighted by Gasteiger charge is -1.90. The highest BCUT2D eigenvalue weighted by molar-refractivity contribution is 5.86. The van der Waals surface area contributed by atoms with E-state index < -0.39 is 5.97 Å². The summed E-state index contributed by atoms with van der Waals surface area (Å²) in [7, 11) is 0. The minimum absolute atomic E-state index is 0.329. The van der Waals surface area contributed by atoms with Crippen molar-refractivity contribution in [3.63, 3.8) is 0 Å². The van der Waals surface area contributed by atoms with Crippen LogP contribution in [-0.2, 0) is 19.1 Å². The van der Waals surface area contributed by atoms with Gasteiger partial charge >= 0.3 is 11.9 Å². The molecule has 0 aromatic heterocycles. The van der Waals surface area contributed by atoms with Gasteiger partial charge in [0.2, 0.25) is 5.91 Å². The van der Waals surface area contributed by atoms with E-state index in [1.165, 1.54) is 11.6 Å². The number of ether oxygens (including phenoxy) is 1. The number of hydrogen-bond acceptors (Lipinski definition) is 6. The van der Waals surface area contributed by atoms with E-state index in [-0.39, 0.29) is 18.6 Å². The highest BCUT2D eigenvalue weighted by atomic mass is 16.5. The van der Waals surface area contributed by atoms with Gasteiger partial charge in [0, 0.05) is 18.2 Å². The Hall–Kier alpha value is -4.22. The Morgan fingerprint density at radius 2 is 1.55 bits per heavy atom. The van der Waals surface area contributed by atoms with Crippen LogP contribution in [0.2, 0.25) is 0 Å². The Bertz CT molecular complexity index is 685. The molecule has 0 aliphatic carbocycles. The number of aliphatic hydroxyl groups is 1. The Balaban J connectivity index is -0.000000150. The quantitative estimate of drug-likeness (QED) is 0.273. The molecule has 1 rings (SSSR count). The molecule has 0 aliphatic heterocycles. The highest BCUT2D eigenvalue weighted by Gasteiger charge is 1.86. The Labute approximate surface area is 183 Å². The fourth-order valence-electron chi connectivity index (χ4n) is 0.940. The number of carbonyl (C=O) groups is 3. The van der Waals surface area contributed by atoms with Crippen molar-refractivity contribution in [2.24, 2.45) is 0 Å². The zero-order valence-electron chi connectivity index (χ0n) is 17.7. The SMILES string of the molecule is C=CC#N.C=CC(=O)NCO.C=CC(=O)O.C=CC(=O)OCC.C=Cc1ccccc1. The monoisotopic (exact) mass is 430 g/mol. The number of nitrogens with one attached hydrogen (secondary N) is 1. The molecule has 0 unspecified atom stereocenters. The molecule has 168 valence electrons. The molecule has 8 heteroatoms. The summed E-state index contributed by atoms with van der Waals surface area (Å²) < 4.78 is 4.43. The van der Waals surface area contributed by atoms with Gasteiger partial charge in [-0.05, 0) is 18.6 Å². The van der Waals surface area contributed by atoms with Crippen LogP contribution >= 0.6 is 0 Å². The summed E-state index contributed by atoms with van der Waals surface area (Å²) in [5.41, 5.74) is 1.17. The molecular weight excluding hydrogens is 400 g/mol. The third kappa shape index (κ3) is 41.3. The number of esters is 1. The number of carboxylic acids is 1. The lowest BCUT2D eigenvalue weighted by Crippen LogP contribution is -2.20. The van der Waals surface area contributed by atoms with Crippen molar-refractivity contribution >= 4 is 23.9 Å². The van der Waals surface area contributed by atoms with Gasteiger partial charge in [0.1, 0.15) is 6.73 Å². The van der Waals surface area contributed by atoms with Gasteiger partial charge in [-0.3, -0.25) is 4.79 Å². The van der Waals surface area contributed by atoms with E-state index in [0.29, 0.717) is 6.61 Å². The third-order valence-corrected chi connectivity index (χ3v) is 2.19. The number of aliphatic carboxylic acids is 1. The van der Waals surface area contributed by atoms with Gasteiger partial charge in [-0.1, -0.05) is 69.3 Å². The van der Waals surface area contributed by atoms with Gasteiger partial charge in [0.05, 0.1) is 12.7 Å². The van der Waals surface area contributed by atoms with E-state index >= 15 is 0 Å². The average Bonchev–Trinajstić information content (AvgIpc) is 2.81. The van der Waals surface area contributed by atoms with Crippen LogP contribution in [0.3, 0.4) is 0 Å². The molecule has 0 bridgehead atoms. The normalized spacial score (nSPS) is 7.13. The summed E-state index contributed by atoms with van der Waals surface area (Å²) in [4.78, 5) is 29.3. The zero-order chi connectivity index (χ0) is 24.9. The second-order valence-corrected chi connectivity index (χ2v) is 4.35. The molecule has 31 heavy (non-hydrogen) atoms. The third-order valence-electron chi connectivity index (χ3n) is 2.19. The van der Waals surface area contributed by atoms with Gasteiger partial charge in [0.15, 0.2) is 0 Å². The van der Waals surface area contributed by atoms with Gasteiger partial charge in [-0.15, -0.1) is 0 Å². The van der Waals surface area contributed by atoms with Crippen molar-refractivity contribution in [2.75, 3.05) is 13.3 Å². The number of nitrogens with zero attached hydrogens (tertiary/aromatic N) is 1. The van der Waals surface area contributed by atoms with Crippen molar-refractivity contribution in [2.45, 2.75) is 6.92 Å². The number of amides is 1. The van der Waals surface area contributed by atoms with Crippen LogP contribution in [0, 0.1) is 11.3 Å². The highest BCUT2D eigenvalue weighted by Crippen LogP contribution is 1.97. The Morgan fingerprint density at radius 3 is 1.71 bits per heavy atom. The van der Waals surface area contributed by atoms with Crippen molar-refractivity contribution in [3.8, 4) is 6.07 Å². The number of carboxylic acid groups (broad SMARTS) is 1. The summed E-state index contributed by atoms with van der Waals surface area (Å²) >= 11 is 0. The maximum Gasteiger partial charge on any atom is 0.330 e. The van der Waals surface area contributed by atoms with E-state index in [9.17, 15) is 14.4 Å². The second kappa shape index (κ2) is 30.5. The van der Waals surface area contributed by atoms with Crippen LogP contribution < -0.4 is 5.32 Å².